The number of nitrogens with two attached hydrogens (primary N) is 1. The molecule has 4 aromatic rings. The lowest BCUT2D eigenvalue weighted by molar-refractivity contribution is 0.248. The fourth-order valence-corrected chi connectivity index (χ4v) is 3.77. The summed E-state index contributed by atoms with van der Waals surface area (Å²) < 4.78 is 0. The molecule has 4 aromatic carbocycles. The summed E-state index contributed by atoms with van der Waals surface area (Å²) in [6.07, 6.45) is 0. The third kappa shape index (κ3) is 6.95. The van der Waals surface area contributed by atoms with Crippen molar-refractivity contribution in [2.24, 2.45) is 0 Å². The van der Waals surface area contributed by atoms with Crippen LogP contribution in [0.2, 0.25) is 0 Å². The largest absolute Gasteiger partial charge is 0.399 e. The van der Waals surface area contributed by atoms with Crippen LogP contribution in [-0.4, -0.2) is 10.9 Å². The molecule has 4 N–H and O–H groups in total. The van der Waals surface area contributed by atoms with Gasteiger partial charge in [0.1, 0.15) is 0 Å². The summed E-state index contributed by atoms with van der Waals surface area (Å²) in [7, 11) is 0. The van der Waals surface area contributed by atoms with Crippen molar-refractivity contribution in [2.75, 3.05) is 16.4 Å². The highest BCUT2D eigenvalue weighted by molar-refractivity contribution is 5.99. The molecule has 0 saturated heterocycles. The molecule has 34 heavy (non-hydrogen) atoms. The van der Waals surface area contributed by atoms with E-state index in [2.05, 4.69) is 64.1 Å². The highest BCUT2D eigenvalue weighted by Gasteiger charge is 2.10. The molecular formula is C29H30N4O. The van der Waals surface area contributed by atoms with Gasteiger partial charge in [-0.25, -0.2) is 4.79 Å². The SMILES string of the molecule is Cc1ccc(NC(=O)Nc2ccc(CN(Cc3ccccc3)Cc3ccc(N)cc3)cc2)cc1. The van der Waals surface area contributed by atoms with Crippen LogP contribution in [0.5, 0.6) is 0 Å². The first kappa shape index (κ1) is 23.1. The van der Waals surface area contributed by atoms with Gasteiger partial charge in [-0.3, -0.25) is 4.90 Å². The summed E-state index contributed by atoms with van der Waals surface area (Å²) in [6.45, 7) is 4.45. The Hall–Kier alpha value is -4.09. The van der Waals surface area contributed by atoms with Crippen molar-refractivity contribution >= 4 is 23.1 Å². The first-order chi connectivity index (χ1) is 16.5. The van der Waals surface area contributed by atoms with E-state index in [9.17, 15) is 4.79 Å². The molecule has 0 aromatic heterocycles. The molecule has 0 aliphatic rings. The quantitative estimate of drug-likeness (QED) is 0.271. The fraction of sp³-hybridized carbons (Fsp3) is 0.138. The molecule has 0 aliphatic heterocycles. The maximum atomic E-state index is 12.3. The fourth-order valence-electron chi connectivity index (χ4n) is 3.77. The van der Waals surface area contributed by atoms with E-state index in [1.165, 1.54) is 16.7 Å². The van der Waals surface area contributed by atoms with E-state index in [1.807, 2.05) is 61.5 Å². The second-order valence-electron chi connectivity index (χ2n) is 8.51. The van der Waals surface area contributed by atoms with Crippen LogP contribution in [0.4, 0.5) is 21.9 Å². The van der Waals surface area contributed by atoms with E-state index in [-0.39, 0.29) is 6.03 Å². The lowest BCUT2D eigenvalue weighted by atomic mass is 10.1. The number of amides is 2. The van der Waals surface area contributed by atoms with Crippen molar-refractivity contribution in [3.05, 3.63) is 125 Å². The normalized spacial score (nSPS) is 10.8. The van der Waals surface area contributed by atoms with Gasteiger partial charge in [0.05, 0.1) is 0 Å². The molecule has 172 valence electrons. The number of benzene rings is 4. The molecule has 5 nitrogen and oxygen atoms in total. The number of hydrogen-bond acceptors (Lipinski definition) is 3. The molecule has 0 spiro atoms. The van der Waals surface area contributed by atoms with Crippen molar-refractivity contribution in [1.29, 1.82) is 0 Å². The molecule has 0 heterocycles. The Morgan fingerprint density at radius 2 is 1.09 bits per heavy atom. The third-order valence-corrected chi connectivity index (χ3v) is 5.56. The molecule has 0 fully saturated rings. The number of carbonyl (C=O) groups is 1. The maximum absolute atomic E-state index is 12.3. The van der Waals surface area contributed by atoms with Crippen LogP contribution in [0.15, 0.2) is 103 Å². The Morgan fingerprint density at radius 3 is 1.62 bits per heavy atom. The van der Waals surface area contributed by atoms with E-state index in [4.69, 9.17) is 5.73 Å². The zero-order chi connectivity index (χ0) is 23.8. The number of rotatable bonds is 8. The van der Waals surface area contributed by atoms with Gasteiger partial charge in [-0.05, 0) is 60.0 Å². The molecular weight excluding hydrogens is 420 g/mol. The van der Waals surface area contributed by atoms with Gasteiger partial charge < -0.3 is 16.4 Å². The van der Waals surface area contributed by atoms with Crippen molar-refractivity contribution in [3.63, 3.8) is 0 Å². The number of carbonyl (C=O) groups excluding carboxylic acids is 1. The number of anilines is 3. The van der Waals surface area contributed by atoms with Gasteiger partial charge in [-0.15, -0.1) is 0 Å². The highest BCUT2D eigenvalue weighted by atomic mass is 16.2. The van der Waals surface area contributed by atoms with Crippen molar-refractivity contribution in [1.82, 2.24) is 4.90 Å². The lowest BCUT2D eigenvalue weighted by Gasteiger charge is -2.23. The van der Waals surface area contributed by atoms with Crippen molar-refractivity contribution < 1.29 is 4.79 Å². The monoisotopic (exact) mass is 450 g/mol. The number of nitrogen functional groups attached to an aromatic ring is 1. The van der Waals surface area contributed by atoms with Gasteiger partial charge in [-0.1, -0.05) is 72.3 Å². The number of aryl methyl sites for hydroxylation is 1. The van der Waals surface area contributed by atoms with Gasteiger partial charge in [-0.2, -0.15) is 0 Å². The molecule has 0 saturated carbocycles. The van der Waals surface area contributed by atoms with Crippen LogP contribution >= 0.6 is 0 Å². The first-order valence-electron chi connectivity index (χ1n) is 11.4. The zero-order valence-corrected chi connectivity index (χ0v) is 19.4. The zero-order valence-electron chi connectivity index (χ0n) is 19.4. The minimum atomic E-state index is -0.259. The minimum absolute atomic E-state index is 0.259. The molecule has 0 atom stereocenters. The first-order valence-corrected chi connectivity index (χ1v) is 11.4. The Kier molecular flexibility index (Phi) is 7.58. The smallest absolute Gasteiger partial charge is 0.323 e. The third-order valence-electron chi connectivity index (χ3n) is 5.56. The Bertz CT molecular complexity index is 1190. The number of nitrogens with zero attached hydrogens (tertiary/aromatic N) is 1. The van der Waals surface area contributed by atoms with Gasteiger partial charge in [0.2, 0.25) is 0 Å². The van der Waals surface area contributed by atoms with Gasteiger partial charge in [0.15, 0.2) is 0 Å². The van der Waals surface area contributed by atoms with Crippen LogP contribution in [0, 0.1) is 6.92 Å². The highest BCUT2D eigenvalue weighted by Crippen LogP contribution is 2.18. The predicted molar refractivity (Wildman–Crippen MR) is 141 cm³/mol. The molecule has 0 unspecified atom stereocenters. The molecule has 0 bridgehead atoms. The molecule has 2 amide bonds. The maximum Gasteiger partial charge on any atom is 0.323 e. The van der Waals surface area contributed by atoms with Crippen LogP contribution in [0.3, 0.4) is 0 Å². The predicted octanol–water partition coefficient (Wildman–Crippen LogP) is 6.42. The van der Waals surface area contributed by atoms with Gasteiger partial charge in [0.25, 0.3) is 0 Å². The van der Waals surface area contributed by atoms with E-state index in [0.29, 0.717) is 0 Å². The average Bonchev–Trinajstić information content (AvgIpc) is 2.84. The van der Waals surface area contributed by atoms with Crippen LogP contribution in [-0.2, 0) is 19.6 Å². The summed E-state index contributed by atoms with van der Waals surface area (Å²) in [5.41, 5.74) is 13.0. The summed E-state index contributed by atoms with van der Waals surface area (Å²) in [4.78, 5) is 14.7. The Labute approximate surface area is 201 Å². The summed E-state index contributed by atoms with van der Waals surface area (Å²) in [6, 6.07) is 34.0. The van der Waals surface area contributed by atoms with Crippen molar-refractivity contribution in [2.45, 2.75) is 26.6 Å². The van der Waals surface area contributed by atoms with E-state index in [0.717, 1.165) is 42.3 Å². The molecule has 0 radical (unpaired) electrons. The lowest BCUT2D eigenvalue weighted by Crippen LogP contribution is -2.22. The van der Waals surface area contributed by atoms with Crippen LogP contribution in [0.1, 0.15) is 22.3 Å². The summed E-state index contributed by atoms with van der Waals surface area (Å²) in [5, 5.41) is 5.75. The minimum Gasteiger partial charge on any atom is -0.399 e. The van der Waals surface area contributed by atoms with E-state index >= 15 is 0 Å². The van der Waals surface area contributed by atoms with E-state index < -0.39 is 0 Å². The molecule has 5 heteroatoms. The average molecular weight is 451 g/mol. The number of nitrogens with one attached hydrogen (secondary N) is 2. The Balaban J connectivity index is 1.39. The van der Waals surface area contributed by atoms with E-state index in [1.54, 1.807) is 0 Å². The van der Waals surface area contributed by atoms with Gasteiger partial charge >= 0.3 is 6.03 Å². The topological polar surface area (TPSA) is 70.4 Å². The summed E-state index contributed by atoms with van der Waals surface area (Å²) >= 11 is 0. The Morgan fingerprint density at radius 1 is 0.647 bits per heavy atom. The van der Waals surface area contributed by atoms with Crippen molar-refractivity contribution in [3.8, 4) is 0 Å². The number of hydrogen-bond donors (Lipinski definition) is 3. The number of urea groups is 1. The molecule has 4 rings (SSSR count). The van der Waals surface area contributed by atoms with Crippen LogP contribution < -0.4 is 16.4 Å². The second kappa shape index (κ2) is 11.2. The van der Waals surface area contributed by atoms with Crippen LogP contribution in [0.25, 0.3) is 0 Å². The summed E-state index contributed by atoms with van der Waals surface area (Å²) in [5.74, 6) is 0. The van der Waals surface area contributed by atoms with Gasteiger partial charge in [0, 0.05) is 36.7 Å². The standard InChI is InChI=1S/C29H30N4O/c1-22-7-15-27(16-8-22)31-29(34)32-28-17-11-25(12-18-28)21-33(19-23-5-3-2-4-6-23)20-24-9-13-26(30)14-10-24/h2-18H,19-21,30H2,1H3,(H2,31,32,34). The second-order valence-corrected chi connectivity index (χ2v) is 8.51. The molecule has 0 aliphatic carbocycles.